The number of para-hydroxylation sites is 1. The molecule has 0 heterocycles. The summed E-state index contributed by atoms with van der Waals surface area (Å²) in [6, 6.07) is 10.3. The van der Waals surface area contributed by atoms with Crippen molar-refractivity contribution in [2.75, 3.05) is 38.8 Å². The maximum absolute atomic E-state index is 12.0. The first-order valence-corrected chi connectivity index (χ1v) is 7.21. The van der Waals surface area contributed by atoms with Crippen LogP contribution in [0.15, 0.2) is 30.3 Å². The Labute approximate surface area is 121 Å². The van der Waals surface area contributed by atoms with Crippen molar-refractivity contribution in [1.29, 1.82) is 0 Å². The van der Waals surface area contributed by atoms with Gasteiger partial charge in [0.05, 0.1) is 12.0 Å². The summed E-state index contributed by atoms with van der Waals surface area (Å²) in [6.07, 6.45) is 2.85. The van der Waals surface area contributed by atoms with Crippen LogP contribution in [0.3, 0.4) is 0 Å². The summed E-state index contributed by atoms with van der Waals surface area (Å²) < 4.78 is 5.12. The summed E-state index contributed by atoms with van der Waals surface area (Å²) in [5.41, 5.74) is 0.983. The highest BCUT2D eigenvalue weighted by Crippen LogP contribution is 2.45. The lowest BCUT2D eigenvalue weighted by Crippen LogP contribution is -2.36. The van der Waals surface area contributed by atoms with Crippen LogP contribution in [-0.4, -0.2) is 39.8 Å². The second-order valence-corrected chi connectivity index (χ2v) is 5.58. The average molecular weight is 276 g/mol. The van der Waals surface area contributed by atoms with Crippen molar-refractivity contribution < 1.29 is 9.53 Å². The predicted octanol–water partition coefficient (Wildman–Crippen LogP) is 2.06. The van der Waals surface area contributed by atoms with Crippen LogP contribution in [0.2, 0.25) is 0 Å². The van der Waals surface area contributed by atoms with Crippen LogP contribution in [-0.2, 0) is 9.53 Å². The number of carbonyl (C=O) groups excluding carboxylic acids is 1. The van der Waals surface area contributed by atoms with E-state index in [1.165, 1.54) is 5.69 Å². The largest absolute Gasteiger partial charge is 0.384 e. The number of benzene rings is 1. The molecule has 0 bridgehead atoms. The van der Waals surface area contributed by atoms with Gasteiger partial charge in [0.2, 0.25) is 5.91 Å². The van der Waals surface area contributed by atoms with Gasteiger partial charge in [0.15, 0.2) is 0 Å². The number of hydrogen-bond acceptors (Lipinski definition) is 3. The maximum atomic E-state index is 12.0. The van der Waals surface area contributed by atoms with Gasteiger partial charge in [0, 0.05) is 32.9 Å². The molecule has 1 aromatic rings. The maximum Gasteiger partial charge on any atom is 0.228 e. The number of methoxy groups -OCH3 is 1. The van der Waals surface area contributed by atoms with Crippen molar-refractivity contribution in [3.05, 3.63) is 30.3 Å². The van der Waals surface area contributed by atoms with Gasteiger partial charge in [-0.1, -0.05) is 18.2 Å². The van der Waals surface area contributed by atoms with Gasteiger partial charge in [0.25, 0.3) is 0 Å². The van der Waals surface area contributed by atoms with Crippen LogP contribution in [0.25, 0.3) is 0 Å². The van der Waals surface area contributed by atoms with Crippen molar-refractivity contribution >= 4 is 11.6 Å². The van der Waals surface area contributed by atoms with Gasteiger partial charge in [-0.05, 0) is 31.4 Å². The van der Waals surface area contributed by atoms with Crippen molar-refractivity contribution in [3.8, 4) is 0 Å². The number of rotatable bonds is 8. The van der Waals surface area contributed by atoms with E-state index in [1.54, 1.807) is 7.11 Å². The fourth-order valence-corrected chi connectivity index (χ4v) is 2.38. The van der Waals surface area contributed by atoms with Gasteiger partial charge in [-0.2, -0.15) is 0 Å². The zero-order valence-electron chi connectivity index (χ0n) is 12.4. The van der Waals surface area contributed by atoms with Gasteiger partial charge in [-0.15, -0.1) is 0 Å². The first kappa shape index (κ1) is 14.9. The molecule has 0 unspecified atom stereocenters. The number of anilines is 1. The molecule has 1 aromatic carbocycles. The van der Waals surface area contributed by atoms with Gasteiger partial charge >= 0.3 is 0 Å². The number of nitrogens with zero attached hydrogens (tertiary/aromatic N) is 1. The standard InChI is InChI=1S/C16H24N2O2/c1-18(14-7-4-3-5-8-14)12-6-11-17-15(19)16(9-10-16)13-20-2/h3-5,7-8H,6,9-13H2,1-2H3,(H,17,19). The Morgan fingerprint density at radius 3 is 2.65 bits per heavy atom. The predicted molar refractivity (Wildman–Crippen MR) is 80.9 cm³/mol. The molecule has 110 valence electrons. The van der Waals surface area contributed by atoms with Crippen molar-refractivity contribution in [1.82, 2.24) is 5.32 Å². The third-order valence-electron chi connectivity index (χ3n) is 3.91. The summed E-state index contributed by atoms with van der Waals surface area (Å²) in [4.78, 5) is 14.2. The van der Waals surface area contributed by atoms with Gasteiger partial charge in [-0.3, -0.25) is 4.79 Å². The molecule has 0 aromatic heterocycles. The molecule has 0 atom stereocenters. The molecule has 1 fully saturated rings. The Balaban J connectivity index is 1.66. The van der Waals surface area contributed by atoms with Gasteiger partial charge < -0.3 is 15.0 Å². The van der Waals surface area contributed by atoms with E-state index in [0.29, 0.717) is 6.61 Å². The number of carbonyl (C=O) groups is 1. The first-order valence-electron chi connectivity index (χ1n) is 7.21. The molecule has 0 spiro atoms. The van der Waals surface area contributed by atoms with Crippen LogP contribution >= 0.6 is 0 Å². The smallest absolute Gasteiger partial charge is 0.228 e. The lowest BCUT2D eigenvalue weighted by molar-refractivity contribution is -0.128. The van der Waals surface area contributed by atoms with E-state index in [1.807, 2.05) is 18.2 Å². The van der Waals surface area contributed by atoms with Crippen molar-refractivity contribution in [2.45, 2.75) is 19.3 Å². The molecule has 1 amide bonds. The molecular formula is C16H24N2O2. The van der Waals surface area contributed by atoms with E-state index in [-0.39, 0.29) is 11.3 Å². The van der Waals surface area contributed by atoms with Crippen LogP contribution in [0.1, 0.15) is 19.3 Å². The molecule has 4 nitrogen and oxygen atoms in total. The molecule has 2 rings (SSSR count). The summed E-state index contributed by atoms with van der Waals surface area (Å²) in [6.45, 7) is 2.20. The minimum Gasteiger partial charge on any atom is -0.384 e. The monoisotopic (exact) mass is 276 g/mol. The average Bonchev–Trinajstić information content (AvgIpc) is 3.25. The Morgan fingerprint density at radius 1 is 1.35 bits per heavy atom. The summed E-state index contributed by atoms with van der Waals surface area (Å²) in [5.74, 6) is 0.154. The normalized spacial score (nSPS) is 15.7. The second kappa shape index (κ2) is 6.75. The molecule has 1 saturated carbocycles. The molecule has 0 aliphatic heterocycles. The molecule has 1 aliphatic carbocycles. The lowest BCUT2D eigenvalue weighted by Gasteiger charge is -2.20. The molecule has 1 N–H and O–H groups in total. The zero-order valence-corrected chi connectivity index (χ0v) is 12.4. The molecule has 0 saturated heterocycles. The summed E-state index contributed by atoms with van der Waals surface area (Å²) >= 11 is 0. The van der Waals surface area contributed by atoms with E-state index >= 15 is 0 Å². The topological polar surface area (TPSA) is 41.6 Å². The minimum absolute atomic E-state index is 0.154. The second-order valence-electron chi connectivity index (χ2n) is 5.58. The number of nitrogens with one attached hydrogen (secondary N) is 1. The molecule has 20 heavy (non-hydrogen) atoms. The third kappa shape index (κ3) is 3.73. The van der Waals surface area contributed by atoms with E-state index in [0.717, 1.165) is 32.4 Å². The molecule has 1 aliphatic rings. The number of amides is 1. The highest BCUT2D eigenvalue weighted by Gasteiger charge is 2.49. The molecule has 4 heteroatoms. The Kier molecular flexibility index (Phi) is 5.01. The number of hydrogen-bond donors (Lipinski definition) is 1. The van der Waals surface area contributed by atoms with E-state index in [9.17, 15) is 4.79 Å². The Morgan fingerprint density at radius 2 is 2.05 bits per heavy atom. The summed E-state index contributed by atoms with van der Waals surface area (Å²) in [7, 11) is 3.73. The number of ether oxygens (including phenoxy) is 1. The molecule has 0 radical (unpaired) electrons. The van der Waals surface area contributed by atoms with Crippen LogP contribution < -0.4 is 10.2 Å². The molecular weight excluding hydrogens is 252 g/mol. The highest BCUT2D eigenvalue weighted by atomic mass is 16.5. The van der Waals surface area contributed by atoms with Crippen molar-refractivity contribution in [3.63, 3.8) is 0 Å². The van der Waals surface area contributed by atoms with Crippen LogP contribution in [0, 0.1) is 5.41 Å². The zero-order chi connectivity index (χ0) is 14.4. The SMILES string of the molecule is COCC1(C(=O)NCCCN(C)c2ccccc2)CC1. The first-order chi connectivity index (χ1) is 9.68. The fourth-order valence-electron chi connectivity index (χ4n) is 2.38. The fraction of sp³-hybridized carbons (Fsp3) is 0.562. The van der Waals surface area contributed by atoms with Crippen molar-refractivity contribution in [2.24, 2.45) is 5.41 Å². The quantitative estimate of drug-likeness (QED) is 0.739. The highest BCUT2D eigenvalue weighted by molar-refractivity contribution is 5.85. The summed E-state index contributed by atoms with van der Waals surface area (Å²) in [5, 5.41) is 3.03. The third-order valence-corrected chi connectivity index (χ3v) is 3.91. The van der Waals surface area contributed by atoms with Gasteiger partial charge in [-0.25, -0.2) is 0 Å². The minimum atomic E-state index is -0.222. The van der Waals surface area contributed by atoms with E-state index < -0.39 is 0 Å². The lowest BCUT2D eigenvalue weighted by atomic mass is 10.1. The van der Waals surface area contributed by atoms with Gasteiger partial charge in [0.1, 0.15) is 0 Å². The van der Waals surface area contributed by atoms with E-state index in [2.05, 4.69) is 29.4 Å². The van der Waals surface area contributed by atoms with E-state index in [4.69, 9.17) is 4.74 Å². The Bertz CT molecular complexity index is 429. The van der Waals surface area contributed by atoms with Crippen LogP contribution in [0.4, 0.5) is 5.69 Å². The van der Waals surface area contributed by atoms with Crippen LogP contribution in [0.5, 0.6) is 0 Å². The Hall–Kier alpha value is -1.55.